The van der Waals surface area contributed by atoms with Gasteiger partial charge in [-0.2, -0.15) is 0 Å². The van der Waals surface area contributed by atoms with Crippen LogP contribution in [-0.2, 0) is 16.1 Å². The second-order valence-electron chi connectivity index (χ2n) is 4.72. The topological polar surface area (TPSA) is 57.6 Å². The Morgan fingerprint density at radius 3 is 2.68 bits per heavy atom. The summed E-state index contributed by atoms with van der Waals surface area (Å²) in [5.74, 6) is -2.60. The maximum atomic E-state index is 12.9. The predicted octanol–water partition coefficient (Wildman–Crippen LogP) is 2.16. The number of amides is 1. The smallest absolute Gasteiger partial charge is 0.307 e. The van der Waals surface area contributed by atoms with Crippen molar-refractivity contribution in [3.63, 3.8) is 0 Å². The monoisotopic (exact) mass is 285 g/mol. The molecule has 102 valence electrons. The average Bonchev–Trinajstić information content (AvgIpc) is 3.11. The maximum Gasteiger partial charge on any atom is 0.307 e. The summed E-state index contributed by atoms with van der Waals surface area (Å²) in [7, 11) is 1.58. The van der Waals surface area contributed by atoms with E-state index in [9.17, 15) is 14.0 Å². The lowest BCUT2D eigenvalue weighted by Crippen LogP contribution is -2.29. The van der Waals surface area contributed by atoms with Crippen LogP contribution in [0.25, 0.3) is 0 Å². The van der Waals surface area contributed by atoms with Crippen LogP contribution in [0.3, 0.4) is 0 Å². The summed E-state index contributed by atoms with van der Waals surface area (Å²) in [5, 5.41) is 9.04. The lowest BCUT2D eigenvalue weighted by atomic mass is 10.2. The molecule has 19 heavy (non-hydrogen) atoms. The van der Waals surface area contributed by atoms with Gasteiger partial charge in [0.25, 0.3) is 0 Å². The van der Waals surface area contributed by atoms with Gasteiger partial charge in [0.05, 0.1) is 11.8 Å². The molecule has 1 amide bonds. The molecule has 1 N–H and O–H groups in total. The molecule has 1 aromatic rings. The molecule has 6 heteroatoms. The summed E-state index contributed by atoms with van der Waals surface area (Å²) in [4.78, 5) is 24.1. The summed E-state index contributed by atoms with van der Waals surface area (Å²) >= 11 is 5.88. The number of carboxylic acid groups (broad SMARTS) is 1. The Morgan fingerprint density at radius 2 is 2.16 bits per heavy atom. The Balaban J connectivity index is 1.99. The fraction of sp³-hybridized carbons (Fsp3) is 0.385. The predicted molar refractivity (Wildman–Crippen MR) is 67.1 cm³/mol. The standard InChI is InChI=1S/C13H13ClFNO3/c1-16(12(17)9-5-10(9)13(18)19)6-7-2-3-8(15)4-11(7)14/h2-4,9-10H,5-6H2,1H3,(H,18,19)/t9-,10-/m0/s1. The molecular weight excluding hydrogens is 273 g/mol. The van der Waals surface area contributed by atoms with Gasteiger partial charge < -0.3 is 10.0 Å². The van der Waals surface area contributed by atoms with E-state index in [1.165, 1.54) is 23.1 Å². The van der Waals surface area contributed by atoms with Crippen molar-refractivity contribution >= 4 is 23.5 Å². The summed E-state index contributed by atoms with van der Waals surface area (Å²) in [6.07, 6.45) is 0.385. The second kappa shape index (κ2) is 5.17. The van der Waals surface area contributed by atoms with Gasteiger partial charge >= 0.3 is 5.97 Å². The largest absolute Gasteiger partial charge is 0.481 e. The molecular formula is C13H13ClFNO3. The first kappa shape index (κ1) is 13.8. The molecule has 0 radical (unpaired) electrons. The quantitative estimate of drug-likeness (QED) is 0.922. The molecule has 4 nitrogen and oxygen atoms in total. The summed E-state index contributed by atoms with van der Waals surface area (Å²) in [6.45, 7) is 0.237. The van der Waals surface area contributed by atoms with Crippen LogP contribution in [0.15, 0.2) is 18.2 Å². The third-order valence-corrected chi connectivity index (χ3v) is 3.58. The Morgan fingerprint density at radius 1 is 1.47 bits per heavy atom. The molecule has 2 rings (SSSR count). The van der Waals surface area contributed by atoms with E-state index in [0.29, 0.717) is 12.0 Å². The molecule has 0 aromatic heterocycles. The lowest BCUT2D eigenvalue weighted by molar-refractivity contribution is -0.141. The molecule has 0 unspecified atom stereocenters. The number of carboxylic acids is 1. The molecule has 2 atom stereocenters. The van der Waals surface area contributed by atoms with Gasteiger partial charge in [-0.15, -0.1) is 0 Å². The number of carbonyl (C=O) groups excluding carboxylic acids is 1. The van der Waals surface area contributed by atoms with Crippen molar-refractivity contribution in [3.8, 4) is 0 Å². The molecule has 1 aliphatic rings. The van der Waals surface area contributed by atoms with Crippen molar-refractivity contribution in [2.24, 2.45) is 11.8 Å². The van der Waals surface area contributed by atoms with Gasteiger partial charge in [0.15, 0.2) is 0 Å². The van der Waals surface area contributed by atoms with Gasteiger partial charge in [-0.25, -0.2) is 4.39 Å². The van der Waals surface area contributed by atoms with E-state index in [2.05, 4.69) is 0 Å². The van der Waals surface area contributed by atoms with Crippen LogP contribution in [0.2, 0.25) is 5.02 Å². The lowest BCUT2D eigenvalue weighted by Gasteiger charge is -2.18. The summed E-state index contributed by atoms with van der Waals surface area (Å²) in [5.41, 5.74) is 0.631. The Hall–Kier alpha value is -1.62. The van der Waals surface area contributed by atoms with Gasteiger partial charge in [-0.1, -0.05) is 17.7 Å². The highest BCUT2D eigenvalue weighted by atomic mass is 35.5. The fourth-order valence-corrected chi connectivity index (χ4v) is 2.23. The molecule has 0 bridgehead atoms. The first-order valence-electron chi connectivity index (χ1n) is 5.82. The van der Waals surface area contributed by atoms with E-state index in [-0.39, 0.29) is 17.5 Å². The van der Waals surface area contributed by atoms with Crippen LogP contribution in [0.1, 0.15) is 12.0 Å². The minimum absolute atomic E-state index is 0.215. The zero-order valence-electron chi connectivity index (χ0n) is 10.3. The third-order valence-electron chi connectivity index (χ3n) is 3.22. The third kappa shape index (κ3) is 3.04. The number of carbonyl (C=O) groups is 2. The number of halogens is 2. The highest BCUT2D eigenvalue weighted by Crippen LogP contribution is 2.40. The van der Waals surface area contributed by atoms with Crippen LogP contribution < -0.4 is 0 Å². The van der Waals surface area contributed by atoms with Gasteiger partial charge in [-0.05, 0) is 24.1 Å². The highest BCUT2D eigenvalue weighted by molar-refractivity contribution is 6.31. The van der Waals surface area contributed by atoms with Crippen LogP contribution in [0.5, 0.6) is 0 Å². The first-order valence-corrected chi connectivity index (χ1v) is 6.19. The molecule has 1 fully saturated rings. The van der Waals surface area contributed by atoms with Crippen molar-refractivity contribution in [1.82, 2.24) is 4.90 Å². The van der Waals surface area contributed by atoms with Gasteiger partial charge in [-0.3, -0.25) is 9.59 Å². The summed E-state index contributed by atoms with van der Waals surface area (Å²) in [6, 6.07) is 3.98. The van der Waals surface area contributed by atoms with Crippen molar-refractivity contribution in [2.45, 2.75) is 13.0 Å². The number of benzene rings is 1. The van der Waals surface area contributed by atoms with Crippen LogP contribution in [0, 0.1) is 17.7 Å². The van der Waals surface area contributed by atoms with E-state index in [1.807, 2.05) is 0 Å². The van der Waals surface area contributed by atoms with Gasteiger partial charge in [0.2, 0.25) is 5.91 Å². The van der Waals surface area contributed by atoms with Crippen LogP contribution in [0.4, 0.5) is 4.39 Å². The maximum absolute atomic E-state index is 12.9. The fourth-order valence-electron chi connectivity index (χ4n) is 2.01. The van der Waals surface area contributed by atoms with Crippen molar-refractivity contribution in [1.29, 1.82) is 0 Å². The minimum Gasteiger partial charge on any atom is -0.481 e. The highest BCUT2D eigenvalue weighted by Gasteiger charge is 2.49. The Labute approximate surface area is 114 Å². The zero-order valence-corrected chi connectivity index (χ0v) is 11.0. The molecule has 1 aromatic carbocycles. The molecule has 0 saturated heterocycles. The summed E-state index contributed by atoms with van der Waals surface area (Å²) < 4.78 is 12.9. The zero-order chi connectivity index (χ0) is 14.2. The molecule has 1 saturated carbocycles. The van der Waals surface area contributed by atoms with Crippen molar-refractivity contribution < 1.29 is 19.1 Å². The number of nitrogens with zero attached hydrogens (tertiary/aromatic N) is 1. The molecule has 0 heterocycles. The van der Waals surface area contributed by atoms with Crippen LogP contribution in [-0.4, -0.2) is 28.9 Å². The second-order valence-corrected chi connectivity index (χ2v) is 5.12. The number of hydrogen-bond donors (Lipinski definition) is 1. The minimum atomic E-state index is -0.938. The number of aliphatic carboxylic acids is 1. The van der Waals surface area contributed by atoms with Crippen molar-refractivity contribution in [2.75, 3.05) is 7.05 Å². The molecule has 0 aliphatic heterocycles. The van der Waals surface area contributed by atoms with E-state index in [4.69, 9.17) is 16.7 Å². The van der Waals surface area contributed by atoms with E-state index < -0.39 is 23.6 Å². The average molecular weight is 286 g/mol. The number of rotatable bonds is 4. The van der Waals surface area contributed by atoms with E-state index >= 15 is 0 Å². The van der Waals surface area contributed by atoms with Crippen molar-refractivity contribution in [3.05, 3.63) is 34.6 Å². The van der Waals surface area contributed by atoms with E-state index in [0.717, 1.165) is 0 Å². The number of hydrogen-bond acceptors (Lipinski definition) is 2. The normalized spacial score (nSPS) is 21.0. The molecule has 1 aliphatic carbocycles. The van der Waals surface area contributed by atoms with Crippen LogP contribution >= 0.6 is 11.6 Å². The molecule has 0 spiro atoms. The van der Waals surface area contributed by atoms with Gasteiger partial charge in [0, 0.05) is 18.6 Å². The van der Waals surface area contributed by atoms with E-state index in [1.54, 1.807) is 7.05 Å². The Kier molecular flexibility index (Phi) is 3.75. The Bertz CT molecular complexity index is 535. The van der Waals surface area contributed by atoms with Gasteiger partial charge in [0.1, 0.15) is 5.82 Å². The first-order chi connectivity index (χ1) is 8.90. The SMILES string of the molecule is CN(Cc1ccc(F)cc1Cl)C(=O)[C@H]1C[C@@H]1C(=O)O.